The highest BCUT2D eigenvalue weighted by Gasteiger charge is 2.43. The van der Waals surface area contributed by atoms with Crippen molar-refractivity contribution < 1.29 is 0 Å². The number of piperidine rings is 1. The van der Waals surface area contributed by atoms with Crippen LogP contribution in [0.2, 0.25) is 0 Å². The molecule has 2 saturated heterocycles. The van der Waals surface area contributed by atoms with Crippen molar-refractivity contribution in [1.29, 1.82) is 5.41 Å². The Morgan fingerprint density at radius 1 is 1.69 bits per heavy atom. The maximum absolute atomic E-state index is 7.75. The summed E-state index contributed by atoms with van der Waals surface area (Å²) in [5, 5.41) is 9.26. The SMILES string of the molecule is CC1C/C(=N/I)C2CN1C(=N)N2N. The van der Waals surface area contributed by atoms with E-state index in [1.54, 1.807) is 0 Å². The highest BCUT2D eigenvalue weighted by molar-refractivity contribution is 14.1. The number of rotatable bonds is 0. The average molecular weight is 293 g/mol. The Labute approximate surface area is 90.9 Å². The Kier molecular flexibility index (Phi) is 2.18. The van der Waals surface area contributed by atoms with E-state index in [9.17, 15) is 0 Å². The number of hydrogen-bond donors (Lipinski definition) is 2. The van der Waals surface area contributed by atoms with Gasteiger partial charge in [0.05, 0.1) is 28.6 Å². The molecule has 0 aromatic heterocycles. The average Bonchev–Trinajstić information content (AvgIpc) is 2.38. The molecule has 6 heteroatoms. The molecule has 0 saturated carbocycles. The summed E-state index contributed by atoms with van der Waals surface area (Å²) < 4.78 is 4.20. The van der Waals surface area contributed by atoms with Crippen molar-refractivity contribution in [2.45, 2.75) is 25.4 Å². The van der Waals surface area contributed by atoms with Gasteiger partial charge in [0.25, 0.3) is 0 Å². The van der Waals surface area contributed by atoms with Crippen molar-refractivity contribution in [1.82, 2.24) is 9.91 Å². The zero-order valence-corrected chi connectivity index (χ0v) is 9.52. The summed E-state index contributed by atoms with van der Waals surface area (Å²) in [4.78, 5) is 2.02. The van der Waals surface area contributed by atoms with E-state index in [0.717, 1.165) is 18.7 Å². The summed E-state index contributed by atoms with van der Waals surface area (Å²) >= 11 is 2.01. The summed E-state index contributed by atoms with van der Waals surface area (Å²) in [5.74, 6) is 6.20. The number of halogens is 1. The normalized spacial score (nSPS) is 36.2. The molecule has 0 amide bonds. The molecular formula is C7H12IN5. The van der Waals surface area contributed by atoms with Gasteiger partial charge in [0, 0.05) is 19.0 Å². The van der Waals surface area contributed by atoms with E-state index in [4.69, 9.17) is 11.3 Å². The minimum absolute atomic E-state index is 0.126. The number of hydrogen-bond acceptors (Lipinski definition) is 3. The number of nitrogens with one attached hydrogen (secondary N) is 1. The molecule has 2 aliphatic heterocycles. The lowest BCUT2D eigenvalue weighted by atomic mass is 10.00. The van der Waals surface area contributed by atoms with Crippen LogP contribution in [0.25, 0.3) is 0 Å². The van der Waals surface area contributed by atoms with Gasteiger partial charge in [0.15, 0.2) is 0 Å². The molecule has 2 heterocycles. The van der Waals surface area contributed by atoms with Gasteiger partial charge in [-0.05, 0) is 6.92 Å². The third kappa shape index (κ3) is 1.23. The Hall–Kier alpha value is -0.370. The van der Waals surface area contributed by atoms with Crippen molar-refractivity contribution in [3.8, 4) is 0 Å². The lowest BCUT2D eigenvalue weighted by Gasteiger charge is -2.29. The van der Waals surface area contributed by atoms with E-state index in [-0.39, 0.29) is 6.04 Å². The molecule has 2 bridgehead atoms. The molecule has 3 N–H and O–H groups in total. The van der Waals surface area contributed by atoms with Gasteiger partial charge in [-0.1, -0.05) is 0 Å². The summed E-state index contributed by atoms with van der Waals surface area (Å²) in [6.07, 6.45) is 0.920. The van der Waals surface area contributed by atoms with E-state index in [2.05, 4.69) is 10.1 Å². The van der Waals surface area contributed by atoms with Crippen LogP contribution in [-0.2, 0) is 0 Å². The maximum atomic E-state index is 7.75. The van der Waals surface area contributed by atoms with Gasteiger partial charge in [-0.3, -0.25) is 10.4 Å². The lowest BCUT2D eigenvalue weighted by Crippen LogP contribution is -2.45. The van der Waals surface area contributed by atoms with E-state index in [1.165, 1.54) is 5.01 Å². The Morgan fingerprint density at radius 3 is 3.00 bits per heavy atom. The molecule has 0 aliphatic carbocycles. The van der Waals surface area contributed by atoms with E-state index in [0.29, 0.717) is 12.0 Å². The third-order valence-corrected chi connectivity index (χ3v) is 3.37. The first-order chi connectivity index (χ1) is 6.15. The fraction of sp³-hybridized carbons (Fsp3) is 0.714. The standard InChI is InChI=1S/C7H12IN5/c1-4-2-5(11-8)6-3-12(4)7(9)13(6)10/h4,6,9H,2-3,10H2,1H3/b9-7?,11-5-. The zero-order valence-electron chi connectivity index (χ0n) is 7.37. The van der Waals surface area contributed by atoms with Gasteiger partial charge in [-0.2, -0.15) is 0 Å². The van der Waals surface area contributed by atoms with Crippen LogP contribution in [0.3, 0.4) is 0 Å². The molecule has 0 radical (unpaired) electrons. The molecule has 2 unspecified atom stereocenters. The predicted molar refractivity (Wildman–Crippen MR) is 59.8 cm³/mol. The van der Waals surface area contributed by atoms with Crippen molar-refractivity contribution in [3.05, 3.63) is 0 Å². The van der Waals surface area contributed by atoms with Crippen LogP contribution in [0.4, 0.5) is 0 Å². The first kappa shape index (κ1) is 9.20. The van der Waals surface area contributed by atoms with Gasteiger partial charge >= 0.3 is 0 Å². The number of nitrogens with zero attached hydrogens (tertiary/aromatic N) is 3. The molecule has 13 heavy (non-hydrogen) atoms. The second kappa shape index (κ2) is 3.09. The fourth-order valence-electron chi connectivity index (χ4n) is 1.95. The van der Waals surface area contributed by atoms with Crippen LogP contribution in [0.5, 0.6) is 0 Å². The zero-order chi connectivity index (χ0) is 9.59. The first-order valence-corrected chi connectivity index (χ1v) is 5.18. The molecule has 2 atom stereocenters. The predicted octanol–water partition coefficient (Wildman–Crippen LogP) is 0.364. The fourth-order valence-corrected chi connectivity index (χ4v) is 2.47. The molecule has 2 fully saturated rings. The molecule has 2 aliphatic rings. The van der Waals surface area contributed by atoms with Crippen LogP contribution in [-0.4, -0.2) is 40.2 Å². The monoisotopic (exact) mass is 293 g/mol. The van der Waals surface area contributed by atoms with Crippen molar-refractivity contribution >= 4 is 34.5 Å². The van der Waals surface area contributed by atoms with Gasteiger partial charge in [0.2, 0.25) is 5.96 Å². The van der Waals surface area contributed by atoms with E-state index in [1.807, 2.05) is 27.8 Å². The van der Waals surface area contributed by atoms with Crippen LogP contribution in [0, 0.1) is 5.41 Å². The summed E-state index contributed by atoms with van der Waals surface area (Å²) in [6.45, 7) is 2.92. The Balaban J connectivity index is 2.33. The maximum Gasteiger partial charge on any atom is 0.209 e. The topological polar surface area (TPSA) is 68.7 Å². The number of nitrogens with two attached hydrogens (primary N) is 1. The van der Waals surface area contributed by atoms with Gasteiger partial charge < -0.3 is 4.90 Å². The van der Waals surface area contributed by atoms with Crippen molar-refractivity contribution in [2.75, 3.05) is 6.54 Å². The Bertz CT molecular complexity index is 276. The minimum atomic E-state index is 0.126. The Morgan fingerprint density at radius 2 is 2.38 bits per heavy atom. The van der Waals surface area contributed by atoms with E-state index < -0.39 is 0 Å². The lowest BCUT2D eigenvalue weighted by molar-refractivity contribution is 0.334. The molecule has 0 aromatic carbocycles. The van der Waals surface area contributed by atoms with Gasteiger partial charge in [0.1, 0.15) is 6.04 Å². The molecule has 5 nitrogen and oxygen atoms in total. The van der Waals surface area contributed by atoms with Crippen LogP contribution < -0.4 is 5.84 Å². The second-order valence-electron chi connectivity index (χ2n) is 3.53. The number of fused-ring (bicyclic) bond motifs is 2. The molecule has 2 rings (SSSR count). The molecule has 0 aromatic rings. The largest absolute Gasteiger partial charge is 0.336 e. The van der Waals surface area contributed by atoms with Crippen LogP contribution >= 0.6 is 22.9 Å². The van der Waals surface area contributed by atoms with Crippen LogP contribution in [0.15, 0.2) is 3.21 Å². The van der Waals surface area contributed by atoms with Crippen LogP contribution in [0.1, 0.15) is 13.3 Å². The minimum Gasteiger partial charge on any atom is -0.336 e. The molecule has 0 spiro atoms. The second-order valence-corrected chi connectivity index (χ2v) is 4.01. The summed E-state index contributed by atoms with van der Waals surface area (Å²) in [6, 6.07) is 0.478. The van der Waals surface area contributed by atoms with Crippen molar-refractivity contribution in [2.24, 2.45) is 9.05 Å². The quantitative estimate of drug-likeness (QED) is 0.500. The molecular weight excluding hydrogens is 281 g/mol. The third-order valence-electron chi connectivity index (χ3n) is 2.75. The summed E-state index contributed by atoms with van der Waals surface area (Å²) in [7, 11) is 0. The number of guanidine groups is 1. The molecule has 72 valence electrons. The first-order valence-electron chi connectivity index (χ1n) is 4.22. The highest BCUT2D eigenvalue weighted by atomic mass is 127. The number of hydrazine groups is 1. The van der Waals surface area contributed by atoms with Gasteiger partial charge in [-0.15, -0.1) is 0 Å². The van der Waals surface area contributed by atoms with E-state index >= 15 is 0 Å². The highest BCUT2D eigenvalue weighted by Crippen LogP contribution is 2.25. The van der Waals surface area contributed by atoms with Crippen molar-refractivity contribution in [3.63, 3.8) is 0 Å². The summed E-state index contributed by atoms with van der Waals surface area (Å²) in [5.41, 5.74) is 1.11. The van der Waals surface area contributed by atoms with Gasteiger partial charge in [-0.25, -0.2) is 9.05 Å². The smallest absolute Gasteiger partial charge is 0.209 e.